The highest BCUT2D eigenvalue weighted by molar-refractivity contribution is 5.89. The minimum atomic E-state index is -0.207. The third kappa shape index (κ3) is 5.55. The van der Waals surface area contributed by atoms with Crippen molar-refractivity contribution in [1.29, 1.82) is 0 Å². The minimum Gasteiger partial charge on any atom is -0.354 e. The smallest absolute Gasteiger partial charge is 0.225 e. The quantitative estimate of drug-likeness (QED) is 0.800. The van der Waals surface area contributed by atoms with E-state index in [2.05, 4.69) is 36.2 Å². The van der Waals surface area contributed by atoms with Gasteiger partial charge in [0.25, 0.3) is 0 Å². The Bertz CT molecular complexity index is 626. The van der Waals surface area contributed by atoms with Crippen molar-refractivity contribution in [3.05, 3.63) is 35.9 Å². The molecule has 3 rings (SSSR count). The van der Waals surface area contributed by atoms with Gasteiger partial charge in [-0.15, -0.1) is 0 Å². The van der Waals surface area contributed by atoms with E-state index < -0.39 is 0 Å². The molecule has 2 saturated heterocycles. The summed E-state index contributed by atoms with van der Waals surface area (Å²) in [4.78, 5) is 29.1. The first-order chi connectivity index (χ1) is 13.0. The SMILES string of the molecule is CC1CCN(C(C)CNC(=O)C2CC(=O)N(CCc3ccccc3)C2)CC1. The predicted molar refractivity (Wildman–Crippen MR) is 107 cm³/mol. The number of nitrogens with zero attached hydrogens (tertiary/aromatic N) is 2. The van der Waals surface area contributed by atoms with Gasteiger partial charge >= 0.3 is 0 Å². The molecule has 1 aromatic carbocycles. The summed E-state index contributed by atoms with van der Waals surface area (Å²) in [7, 11) is 0. The molecule has 2 aliphatic heterocycles. The standard InChI is InChI=1S/C22H33N3O2/c1-17-8-11-24(12-9-17)18(2)15-23-22(27)20-14-21(26)25(16-20)13-10-19-6-4-3-5-7-19/h3-7,17-18,20H,8-16H2,1-2H3,(H,23,27). The number of nitrogens with one attached hydrogen (secondary N) is 1. The third-order valence-electron chi connectivity index (χ3n) is 6.11. The molecule has 0 aliphatic carbocycles. The highest BCUT2D eigenvalue weighted by Gasteiger charge is 2.34. The first kappa shape index (κ1) is 19.9. The van der Waals surface area contributed by atoms with E-state index in [0.29, 0.717) is 32.1 Å². The Kier molecular flexibility index (Phi) is 6.89. The molecule has 27 heavy (non-hydrogen) atoms. The van der Waals surface area contributed by atoms with E-state index >= 15 is 0 Å². The maximum absolute atomic E-state index is 12.5. The number of hydrogen-bond donors (Lipinski definition) is 1. The van der Waals surface area contributed by atoms with Gasteiger partial charge in [-0.25, -0.2) is 0 Å². The van der Waals surface area contributed by atoms with E-state index in [1.807, 2.05) is 23.1 Å². The molecular formula is C22H33N3O2. The maximum Gasteiger partial charge on any atom is 0.225 e. The fourth-order valence-corrected chi connectivity index (χ4v) is 4.06. The van der Waals surface area contributed by atoms with Crippen LogP contribution in [0.2, 0.25) is 0 Å². The van der Waals surface area contributed by atoms with Crippen molar-refractivity contribution in [2.45, 2.75) is 45.6 Å². The molecule has 1 N–H and O–H groups in total. The topological polar surface area (TPSA) is 52.7 Å². The van der Waals surface area contributed by atoms with Crippen LogP contribution in [-0.4, -0.2) is 60.4 Å². The molecule has 148 valence electrons. The lowest BCUT2D eigenvalue weighted by Crippen LogP contribution is -2.46. The van der Waals surface area contributed by atoms with Crippen LogP contribution in [0, 0.1) is 11.8 Å². The maximum atomic E-state index is 12.5. The van der Waals surface area contributed by atoms with Gasteiger partial charge in [0, 0.05) is 32.1 Å². The zero-order valence-electron chi connectivity index (χ0n) is 16.7. The van der Waals surface area contributed by atoms with Crippen molar-refractivity contribution in [1.82, 2.24) is 15.1 Å². The second-order valence-electron chi connectivity index (χ2n) is 8.29. The summed E-state index contributed by atoms with van der Waals surface area (Å²) >= 11 is 0. The zero-order chi connectivity index (χ0) is 19.2. The van der Waals surface area contributed by atoms with E-state index in [-0.39, 0.29) is 17.7 Å². The number of benzene rings is 1. The monoisotopic (exact) mass is 371 g/mol. The summed E-state index contributed by atoms with van der Waals surface area (Å²) in [5.41, 5.74) is 1.22. The van der Waals surface area contributed by atoms with Gasteiger partial charge in [-0.1, -0.05) is 37.3 Å². The van der Waals surface area contributed by atoms with Crippen LogP contribution in [0.5, 0.6) is 0 Å². The van der Waals surface area contributed by atoms with Gasteiger partial charge < -0.3 is 10.2 Å². The Hall–Kier alpha value is -1.88. The Morgan fingerprint density at radius 3 is 2.63 bits per heavy atom. The van der Waals surface area contributed by atoms with Crippen LogP contribution in [0.4, 0.5) is 0 Å². The van der Waals surface area contributed by atoms with Crippen LogP contribution in [0.25, 0.3) is 0 Å². The molecular weight excluding hydrogens is 338 g/mol. The van der Waals surface area contributed by atoms with E-state index in [1.165, 1.54) is 18.4 Å². The first-order valence-electron chi connectivity index (χ1n) is 10.4. The van der Waals surface area contributed by atoms with Gasteiger partial charge in [-0.2, -0.15) is 0 Å². The average molecular weight is 372 g/mol. The second kappa shape index (κ2) is 9.36. The number of likely N-dealkylation sites (tertiary alicyclic amines) is 2. The molecule has 5 nitrogen and oxygen atoms in total. The second-order valence-corrected chi connectivity index (χ2v) is 8.29. The van der Waals surface area contributed by atoms with Gasteiger partial charge in [-0.3, -0.25) is 14.5 Å². The average Bonchev–Trinajstić information content (AvgIpc) is 3.06. The number of hydrogen-bond acceptors (Lipinski definition) is 3. The molecule has 0 aromatic heterocycles. The van der Waals surface area contributed by atoms with Crippen molar-refractivity contribution >= 4 is 11.8 Å². The molecule has 2 fully saturated rings. The lowest BCUT2D eigenvalue weighted by molar-refractivity contribution is -0.129. The minimum absolute atomic E-state index is 0.0304. The van der Waals surface area contributed by atoms with Crippen LogP contribution < -0.4 is 5.32 Å². The van der Waals surface area contributed by atoms with Gasteiger partial charge in [0.1, 0.15) is 0 Å². The number of carbonyl (C=O) groups is 2. The molecule has 2 unspecified atom stereocenters. The number of carbonyl (C=O) groups excluding carboxylic acids is 2. The van der Waals surface area contributed by atoms with E-state index in [1.54, 1.807) is 0 Å². The van der Waals surface area contributed by atoms with Crippen LogP contribution in [-0.2, 0) is 16.0 Å². The molecule has 2 heterocycles. The summed E-state index contributed by atoms with van der Waals surface area (Å²) in [6, 6.07) is 10.5. The summed E-state index contributed by atoms with van der Waals surface area (Å²) in [5.74, 6) is 0.739. The van der Waals surface area contributed by atoms with Crippen LogP contribution in [0.1, 0.15) is 38.7 Å². The van der Waals surface area contributed by atoms with Crippen LogP contribution in [0.3, 0.4) is 0 Å². The third-order valence-corrected chi connectivity index (χ3v) is 6.11. The molecule has 0 saturated carbocycles. The first-order valence-corrected chi connectivity index (χ1v) is 10.4. The van der Waals surface area contributed by atoms with E-state index in [0.717, 1.165) is 25.4 Å². The van der Waals surface area contributed by atoms with Gasteiger partial charge in [0.05, 0.1) is 5.92 Å². The van der Waals surface area contributed by atoms with E-state index in [4.69, 9.17) is 0 Å². The summed E-state index contributed by atoms with van der Waals surface area (Å²) in [6.07, 6.45) is 3.67. The normalized spacial score (nSPS) is 22.8. The van der Waals surface area contributed by atoms with Crippen molar-refractivity contribution < 1.29 is 9.59 Å². The molecule has 0 spiro atoms. The highest BCUT2D eigenvalue weighted by Crippen LogP contribution is 2.20. The van der Waals surface area contributed by atoms with Crippen molar-refractivity contribution in [2.75, 3.05) is 32.7 Å². The Labute approximate surface area is 163 Å². The fraction of sp³-hybridized carbons (Fsp3) is 0.636. The fourth-order valence-electron chi connectivity index (χ4n) is 4.06. The summed E-state index contributed by atoms with van der Waals surface area (Å²) in [6.45, 7) is 8.64. The van der Waals surface area contributed by atoms with E-state index in [9.17, 15) is 9.59 Å². The van der Waals surface area contributed by atoms with Gasteiger partial charge in [0.2, 0.25) is 11.8 Å². The molecule has 2 aliphatic rings. The number of piperidine rings is 1. The molecule has 2 amide bonds. The summed E-state index contributed by atoms with van der Waals surface area (Å²) < 4.78 is 0. The largest absolute Gasteiger partial charge is 0.354 e. The van der Waals surface area contributed by atoms with Gasteiger partial charge in [0.15, 0.2) is 0 Å². The van der Waals surface area contributed by atoms with Crippen LogP contribution in [0.15, 0.2) is 30.3 Å². The Morgan fingerprint density at radius 2 is 1.93 bits per heavy atom. The van der Waals surface area contributed by atoms with Crippen molar-refractivity contribution in [2.24, 2.45) is 11.8 Å². The molecule has 0 bridgehead atoms. The van der Waals surface area contributed by atoms with Gasteiger partial charge in [-0.05, 0) is 50.8 Å². The Balaban J connectivity index is 1.40. The number of amides is 2. The molecule has 5 heteroatoms. The summed E-state index contributed by atoms with van der Waals surface area (Å²) in [5, 5.41) is 3.09. The lowest BCUT2D eigenvalue weighted by Gasteiger charge is -2.35. The van der Waals surface area contributed by atoms with Crippen molar-refractivity contribution in [3.63, 3.8) is 0 Å². The molecule has 2 atom stereocenters. The Morgan fingerprint density at radius 1 is 1.22 bits per heavy atom. The van der Waals surface area contributed by atoms with Crippen molar-refractivity contribution in [3.8, 4) is 0 Å². The highest BCUT2D eigenvalue weighted by atomic mass is 16.2. The number of rotatable bonds is 7. The lowest BCUT2D eigenvalue weighted by atomic mass is 9.98. The zero-order valence-corrected chi connectivity index (χ0v) is 16.7. The molecule has 0 radical (unpaired) electrons. The predicted octanol–water partition coefficient (Wildman–Crippen LogP) is 2.31. The molecule has 1 aromatic rings. The van der Waals surface area contributed by atoms with Crippen LogP contribution >= 0.6 is 0 Å².